The maximum absolute atomic E-state index is 12.0. The normalized spacial score (nSPS) is 22.6. The van der Waals surface area contributed by atoms with Crippen LogP contribution < -0.4 is 10.6 Å². The van der Waals surface area contributed by atoms with Crippen LogP contribution in [0.4, 0.5) is 0 Å². The average Bonchev–Trinajstić information content (AvgIpc) is 2.55. The van der Waals surface area contributed by atoms with E-state index in [2.05, 4.69) is 21.0 Å². The van der Waals surface area contributed by atoms with Crippen LogP contribution in [0.3, 0.4) is 0 Å². The average molecular weight is 251 g/mol. The number of hydrogen-bond acceptors (Lipinski definition) is 4. The summed E-state index contributed by atoms with van der Waals surface area (Å²) in [6, 6.07) is 0. The monoisotopic (exact) mass is 251 g/mol. The first-order valence-electron chi connectivity index (χ1n) is 6.15. The van der Waals surface area contributed by atoms with Gasteiger partial charge in [-0.15, -0.1) is 11.3 Å². The second-order valence-corrected chi connectivity index (χ2v) is 5.93. The minimum absolute atomic E-state index is 0.147. The zero-order valence-electron chi connectivity index (χ0n) is 9.95. The van der Waals surface area contributed by atoms with E-state index in [-0.39, 0.29) is 17.4 Å². The van der Waals surface area contributed by atoms with Gasteiger partial charge in [0.25, 0.3) is 0 Å². The van der Waals surface area contributed by atoms with Crippen molar-refractivity contribution in [1.82, 2.24) is 15.6 Å². The van der Waals surface area contributed by atoms with E-state index in [0.717, 1.165) is 36.6 Å². The second-order valence-electron chi connectivity index (χ2n) is 5.07. The lowest BCUT2D eigenvalue weighted by molar-refractivity contribution is -0.129. The molecule has 3 rings (SSSR count). The summed E-state index contributed by atoms with van der Waals surface area (Å²) >= 11 is 1.67. The molecule has 1 saturated carbocycles. The number of aromatic nitrogens is 1. The molecule has 17 heavy (non-hydrogen) atoms. The number of carbonyl (C=O) groups is 1. The van der Waals surface area contributed by atoms with Crippen LogP contribution in [-0.2, 0) is 10.3 Å². The summed E-state index contributed by atoms with van der Waals surface area (Å²) in [5.74, 6) is 0.352. The molecule has 92 valence electrons. The van der Waals surface area contributed by atoms with Crippen LogP contribution in [0.2, 0.25) is 0 Å². The molecule has 5 heteroatoms. The minimum Gasteiger partial charge on any atom is -0.344 e. The van der Waals surface area contributed by atoms with Gasteiger partial charge in [-0.05, 0) is 26.2 Å². The van der Waals surface area contributed by atoms with Crippen molar-refractivity contribution in [3.8, 4) is 0 Å². The lowest BCUT2D eigenvalue weighted by Gasteiger charge is -2.42. The van der Waals surface area contributed by atoms with E-state index in [1.54, 1.807) is 11.3 Å². The molecule has 0 aromatic carbocycles. The van der Waals surface area contributed by atoms with E-state index in [1.807, 2.05) is 6.92 Å². The molecular weight excluding hydrogens is 234 g/mol. The lowest BCUT2D eigenvalue weighted by Crippen LogP contribution is -2.58. The molecule has 1 saturated heterocycles. The van der Waals surface area contributed by atoms with E-state index in [0.29, 0.717) is 0 Å². The number of thiazole rings is 1. The zero-order valence-corrected chi connectivity index (χ0v) is 10.8. The summed E-state index contributed by atoms with van der Waals surface area (Å²) in [4.78, 5) is 16.6. The van der Waals surface area contributed by atoms with Crippen LogP contribution in [0.5, 0.6) is 0 Å². The largest absolute Gasteiger partial charge is 0.344 e. The van der Waals surface area contributed by atoms with Gasteiger partial charge in [-0.1, -0.05) is 0 Å². The predicted octanol–water partition coefficient (Wildman–Crippen LogP) is 1.17. The Labute approximate surface area is 105 Å². The van der Waals surface area contributed by atoms with Crippen molar-refractivity contribution in [2.75, 3.05) is 13.1 Å². The molecule has 1 aromatic rings. The third-order valence-electron chi connectivity index (χ3n) is 3.75. The van der Waals surface area contributed by atoms with E-state index in [9.17, 15) is 4.79 Å². The van der Waals surface area contributed by atoms with E-state index < -0.39 is 0 Å². The topological polar surface area (TPSA) is 54.0 Å². The Bertz CT molecular complexity index is 435. The molecule has 0 radical (unpaired) electrons. The molecule has 2 N–H and O–H groups in total. The summed E-state index contributed by atoms with van der Waals surface area (Å²) < 4.78 is 0. The predicted molar refractivity (Wildman–Crippen MR) is 66.9 cm³/mol. The number of amides is 1. The van der Waals surface area contributed by atoms with Gasteiger partial charge in [-0.3, -0.25) is 4.79 Å². The summed E-state index contributed by atoms with van der Waals surface area (Å²) in [6.07, 6.45) is 3.25. The molecule has 1 aliphatic carbocycles. The molecule has 0 bridgehead atoms. The molecular formula is C12H17N3OS. The van der Waals surface area contributed by atoms with Crippen molar-refractivity contribution < 1.29 is 4.79 Å². The zero-order chi connectivity index (χ0) is 11.9. The number of nitrogens with zero attached hydrogens (tertiary/aromatic N) is 1. The van der Waals surface area contributed by atoms with Gasteiger partial charge in [0.15, 0.2) is 0 Å². The van der Waals surface area contributed by atoms with Crippen molar-refractivity contribution in [2.45, 2.75) is 31.7 Å². The Morgan fingerprint density at radius 1 is 1.59 bits per heavy atom. The Hall–Kier alpha value is -0.940. The quantitative estimate of drug-likeness (QED) is 0.848. The van der Waals surface area contributed by atoms with Gasteiger partial charge in [0, 0.05) is 24.2 Å². The van der Waals surface area contributed by atoms with E-state index in [4.69, 9.17) is 0 Å². The van der Waals surface area contributed by atoms with Crippen molar-refractivity contribution in [3.05, 3.63) is 16.1 Å². The van der Waals surface area contributed by atoms with Crippen molar-refractivity contribution in [1.29, 1.82) is 0 Å². The molecule has 4 nitrogen and oxygen atoms in total. The smallest absolute Gasteiger partial charge is 0.226 e. The highest BCUT2D eigenvalue weighted by Crippen LogP contribution is 2.42. The van der Waals surface area contributed by atoms with Crippen molar-refractivity contribution >= 4 is 17.2 Å². The molecule has 0 spiro atoms. The molecule has 2 aliphatic rings. The number of hydrogen-bond donors (Lipinski definition) is 2. The third kappa shape index (κ3) is 1.87. The Morgan fingerprint density at radius 3 is 2.76 bits per heavy atom. The standard InChI is InChI=1S/C12H17N3OS/c1-8-7-17-11(14-8)12(3-2-4-12)15-10(16)9-5-13-6-9/h7,9,13H,2-6H2,1H3,(H,15,16). The van der Waals surface area contributed by atoms with Crippen LogP contribution in [0.15, 0.2) is 5.38 Å². The summed E-state index contributed by atoms with van der Waals surface area (Å²) in [5, 5.41) is 9.51. The minimum atomic E-state index is -0.147. The van der Waals surface area contributed by atoms with Crippen molar-refractivity contribution in [2.24, 2.45) is 5.92 Å². The molecule has 1 aliphatic heterocycles. The maximum Gasteiger partial charge on any atom is 0.226 e. The van der Waals surface area contributed by atoms with Gasteiger partial charge < -0.3 is 10.6 Å². The molecule has 1 amide bonds. The highest BCUT2D eigenvalue weighted by molar-refractivity contribution is 7.09. The fourth-order valence-electron chi connectivity index (χ4n) is 2.31. The van der Waals surface area contributed by atoms with Crippen LogP contribution in [-0.4, -0.2) is 24.0 Å². The van der Waals surface area contributed by atoms with Crippen LogP contribution >= 0.6 is 11.3 Å². The highest BCUT2D eigenvalue weighted by Gasteiger charge is 2.44. The number of nitrogens with one attached hydrogen (secondary N) is 2. The lowest BCUT2D eigenvalue weighted by atomic mass is 9.76. The van der Waals surface area contributed by atoms with E-state index in [1.165, 1.54) is 6.42 Å². The maximum atomic E-state index is 12.0. The Morgan fingerprint density at radius 2 is 2.35 bits per heavy atom. The fourth-order valence-corrected chi connectivity index (χ4v) is 3.32. The van der Waals surface area contributed by atoms with Gasteiger partial charge in [-0.25, -0.2) is 4.98 Å². The summed E-state index contributed by atoms with van der Waals surface area (Å²) in [7, 11) is 0. The number of carbonyl (C=O) groups excluding carboxylic acids is 1. The van der Waals surface area contributed by atoms with Crippen LogP contribution in [0.25, 0.3) is 0 Å². The first-order chi connectivity index (χ1) is 8.20. The summed E-state index contributed by atoms with van der Waals surface area (Å²) in [6.45, 7) is 3.64. The van der Waals surface area contributed by atoms with E-state index >= 15 is 0 Å². The molecule has 2 fully saturated rings. The number of aryl methyl sites for hydroxylation is 1. The molecule has 0 unspecified atom stereocenters. The van der Waals surface area contributed by atoms with Gasteiger partial charge >= 0.3 is 0 Å². The number of rotatable bonds is 3. The molecule has 0 atom stereocenters. The fraction of sp³-hybridized carbons (Fsp3) is 0.667. The Balaban J connectivity index is 1.75. The van der Waals surface area contributed by atoms with Gasteiger partial charge in [0.05, 0.1) is 11.5 Å². The highest BCUT2D eigenvalue weighted by atomic mass is 32.1. The third-order valence-corrected chi connectivity index (χ3v) is 4.91. The van der Waals surface area contributed by atoms with Crippen molar-refractivity contribution in [3.63, 3.8) is 0 Å². The summed E-state index contributed by atoms with van der Waals surface area (Å²) in [5.41, 5.74) is 0.904. The Kier molecular flexibility index (Phi) is 2.67. The SMILES string of the molecule is Cc1csc(C2(NC(=O)C3CNC3)CCC2)n1. The second kappa shape index (κ2) is 4.07. The van der Waals surface area contributed by atoms with Gasteiger partial charge in [-0.2, -0.15) is 0 Å². The molecule has 1 aromatic heterocycles. The van der Waals surface area contributed by atoms with Gasteiger partial charge in [0.2, 0.25) is 5.91 Å². The van der Waals surface area contributed by atoms with Crippen LogP contribution in [0, 0.1) is 12.8 Å². The molecule has 2 heterocycles. The first-order valence-corrected chi connectivity index (χ1v) is 7.03. The van der Waals surface area contributed by atoms with Gasteiger partial charge in [0.1, 0.15) is 5.01 Å². The first kappa shape index (κ1) is 11.2. The van der Waals surface area contributed by atoms with Crippen LogP contribution in [0.1, 0.15) is 30.0 Å².